The molecular formula is C52H99NO10. The lowest BCUT2D eigenvalue weighted by Gasteiger charge is -2.40. The van der Waals surface area contributed by atoms with Crippen molar-refractivity contribution in [1.29, 1.82) is 0 Å². The predicted octanol–water partition coefficient (Wildman–Crippen LogP) is 9.79. The Balaban J connectivity index is 2.34. The van der Waals surface area contributed by atoms with Crippen LogP contribution < -0.4 is 5.32 Å². The maximum atomic E-state index is 13.1. The highest BCUT2D eigenvalue weighted by Gasteiger charge is 2.44. The molecule has 11 nitrogen and oxygen atoms in total. The van der Waals surface area contributed by atoms with Gasteiger partial charge in [0.1, 0.15) is 36.6 Å². The maximum Gasteiger partial charge on any atom is 0.249 e. The fraction of sp³-hybridized carbons (Fsp3) is 0.904. The summed E-state index contributed by atoms with van der Waals surface area (Å²) in [6.45, 7) is 3.41. The van der Waals surface area contributed by atoms with E-state index in [2.05, 4.69) is 31.3 Å². The van der Waals surface area contributed by atoms with Gasteiger partial charge in [-0.3, -0.25) is 4.79 Å². The smallest absolute Gasteiger partial charge is 0.249 e. The Hall–Kier alpha value is -1.41. The molecule has 0 aromatic carbocycles. The summed E-state index contributed by atoms with van der Waals surface area (Å²) in [5.41, 5.74) is 0. The van der Waals surface area contributed by atoms with Crippen molar-refractivity contribution in [2.75, 3.05) is 13.2 Å². The summed E-state index contributed by atoms with van der Waals surface area (Å²) in [5, 5.41) is 75.7. The van der Waals surface area contributed by atoms with Crippen LogP contribution in [0.25, 0.3) is 0 Å². The largest absolute Gasteiger partial charge is 0.394 e. The Kier molecular flexibility index (Phi) is 39.7. The molecule has 9 unspecified atom stereocenters. The minimum Gasteiger partial charge on any atom is -0.394 e. The highest BCUT2D eigenvalue weighted by molar-refractivity contribution is 5.81. The Morgan fingerprint density at radius 2 is 1.00 bits per heavy atom. The second-order valence-electron chi connectivity index (χ2n) is 18.6. The normalized spacial score (nSPS) is 21.3. The van der Waals surface area contributed by atoms with Gasteiger partial charge in [0.2, 0.25) is 5.91 Å². The molecule has 1 aliphatic rings. The number of amides is 1. The standard InChI is InChI=1S/C52H99NO10/c1-3-5-7-9-11-13-15-17-18-19-20-21-22-23-24-25-26-27-28-30-31-33-35-37-39-44(55)47(57)43(42-62-52-50(60)49(59)48(58)46(41-54)63-52)53-51(61)45(56)40-38-36-34-32-29-16-14-12-10-8-6-4-2/h29,32,36,38,43-50,52,54-60H,3-28,30-31,33-35,37,39-42H2,1-2H3,(H,53,61)/b32-29-,38-36-. The zero-order valence-corrected chi connectivity index (χ0v) is 40.3. The third kappa shape index (κ3) is 31.2. The molecule has 0 spiro atoms. The summed E-state index contributed by atoms with van der Waals surface area (Å²) in [6, 6.07) is -1.20. The van der Waals surface area contributed by atoms with E-state index in [1.807, 2.05) is 6.08 Å². The fourth-order valence-electron chi connectivity index (χ4n) is 8.43. The van der Waals surface area contributed by atoms with Crippen molar-refractivity contribution in [1.82, 2.24) is 5.32 Å². The molecule has 11 heteroatoms. The van der Waals surface area contributed by atoms with Crippen molar-refractivity contribution >= 4 is 5.91 Å². The quantitative estimate of drug-likeness (QED) is 0.0216. The average Bonchev–Trinajstić information content (AvgIpc) is 3.28. The number of nitrogens with one attached hydrogen (secondary N) is 1. The number of rotatable bonds is 44. The number of carbonyl (C=O) groups excluding carboxylic acids is 1. The van der Waals surface area contributed by atoms with Gasteiger partial charge in [0, 0.05) is 6.42 Å². The summed E-state index contributed by atoms with van der Waals surface area (Å²) in [4.78, 5) is 13.1. The minimum atomic E-state index is -1.67. The molecule has 0 aromatic heterocycles. The van der Waals surface area contributed by atoms with E-state index in [9.17, 15) is 40.5 Å². The van der Waals surface area contributed by atoms with Crippen LogP contribution in [0.4, 0.5) is 0 Å². The van der Waals surface area contributed by atoms with Crippen molar-refractivity contribution in [2.45, 2.75) is 287 Å². The third-order valence-electron chi connectivity index (χ3n) is 12.8. The number of carbonyl (C=O) groups is 1. The van der Waals surface area contributed by atoms with Gasteiger partial charge >= 0.3 is 0 Å². The van der Waals surface area contributed by atoms with Crippen LogP contribution in [-0.2, 0) is 14.3 Å². The molecule has 0 bridgehead atoms. The van der Waals surface area contributed by atoms with Crippen molar-refractivity contribution in [3.05, 3.63) is 24.3 Å². The fourth-order valence-corrected chi connectivity index (χ4v) is 8.43. The van der Waals surface area contributed by atoms with Crippen LogP contribution in [0, 0.1) is 0 Å². The van der Waals surface area contributed by atoms with Gasteiger partial charge in [-0.15, -0.1) is 0 Å². The topological polar surface area (TPSA) is 189 Å². The Bertz CT molecular complexity index is 1080. The van der Waals surface area contributed by atoms with E-state index >= 15 is 0 Å². The van der Waals surface area contributed by atoms with Crippen molar-refractivity contribution < 1.29 is 50.0 Å². The molecule has 1 rings (SSSR count). The number of hydrogen-bond donors (Lipinski definition) is 8. The van der Waals surface area contributed by atoms with Crippen molar-refractivity contribution in [2.24, 2.45) is 0 Å². The van der Waals surface area contributed by atoms with E-state index in [0.717, 1.165) is 25.7 Å². The van der Waals surface area contributed by atoms with E-state index in [1.54, 1.807) is 6.08 Å². The number of hydrogen-bond acceptors (Lipinski definition) is 10. The lowest BCUT2D eigenvalue weighted by Crippen LogP contribution is -2.60. The summed E-state index contributed by atoms with van der Waals surface area (Å²) in [5.74, 6) is -0.762. The van der Waals surface area contributed by atoms with Crippen LogP contribution in [0.15, 0.2) is 24.3 Å². The second kappa shape index (κ2) is 42.0. The van der Waals surface area contributed by atoms with Gasteiger partial charge in [0.15, 0.2) is 6.29 Å². The van der Waals surface area contributed by atoms with E-state index in [4.69, 9.17) is 9.47 Å². The van der Waals surface area contributed by atoms with Crippen molar-refractivity contribution in [3.63, 3.8) is 0 Å². The molecule has 1 fully saturated rings. The summed E-state index contributed by atoms with van der Waals surface area (Å²) < 4.78 is 11.1. The van der Waals surface area contributed by atoms with E-state index in [1.165, 1.54) is 167 Å². The molecule has 0 aliphatic carbocycles. The molecule has 1 aliphatic heterocycles. The van der Waals surface area contributed by atoms with Crippen LogP contribution in [0.1, 0.15) is 232 Å². The molecule has 0 aromatic rings. The van der Waals surface area contributed by atoms with Gasteiger partial charge in [-0.25, -0.2) is 0 Å². The van der Waals surface area contributed by atoms with Crippen LogP contribution in [-0.4, -0.2) is 110 Å². The van der Waals surface area contributed by atoms with Crippen LogP contribution in [0.5, 0.6) is 0 Å². The third-order valence-corrected chi connectivity index (χ3v) is 12.8. The first-order valence-corrected chi connectivity index (χ1v) is 26.2. The lowest BCUT2D eigenvalue weighted by atomic mass is 9.98. The van der Waals surface area contributed by atoms with Gasteiger partial charge < -0.3 is 50.5 Å². The molecular weight excluding hydrogens is 799 g/mol. The zero-order chi connectivity index (χ0) is 46.2. The lowest BCUT2D eigenvalue weighted by molar-refractivity contribution is -0.303. The van der Waals surface area contributed by atoms with E-state index in [0.29, 0.717) is 19.3 Å². The monoisotopic (exact) mass is 898 g/mol. The zero-order valence-electron chi connectivity index (χ0n) is 40.3. The summed E-state index contributed by atoms with van der Waals surface area (Å²) >= 11 is 0. The van der Waals surface area contributed by atoms with E-state index < -0.39 is 74.2 Å². The Labute approximate surface area is 384 Å². The van der Waals surface area contributed by atoms with Gasteiger partial charge in [-0.2, -0.15) is 0 Å². The molecule has 9 atom stereocenters. The maximum absolute atomic E-state index is 13.1. The SMILES string of the molecule is CCCCCCCC/C=C\C/C=C\CC(O)C(=O)NC(COC1OC(CO)C(O)C(O)C1O)C(O)C(O)CCCCCCCCCCCCCCCCCCCCCCCCCC. The predicted molar refractivity (Wildman–Crippen MR) is 256 cm³/mol. The number of aliphatic hydroxyl groups excluding tert-OH is 7. The highest BCUT2D eigenvalue weighted by Crippen LogP contribution is 2.23. The molecule has 1 saturated heterocycles. The Morgan fingerprint density at radius 3 is 1.46 bits per heavy atom. The number of unbranched alkanes of at least 4 members (excludes halogenated alkanes) is 29. The highest BCUT2D eigenvalue weighted by atomic mass is 16.7. The van der Waals surface area contributed by atoms with Gasteiger partial charge in [-0.05, 0) is 25.7 Å². The number of allylic oxidation sites excluding steroid dienone is 3. The van der Waals surface area contributed by atoms with Gasteiger partial charge in [-0.1, -0.05) is 224 Å². The van der Waals surface area contributed by atoms with Gasteiger partial charge in [0.05, 0.1) is 25.4 Å². The molecule has 1 heterocycles. The molecule has 0 radical (unpaired) electrons. The number of aliphatic hydroxyl groups is 7. The first-order chi connectivity index (χ1) is 30.7. The molecule has 8 N–H and O–H groups in total. The van der Waals surface area contributed by atoms with Crippen LogP contribution >= 0.6 is 0 Å². The first-order valence-electron chi connectivity index (χ1n) is 26.2. The number of ether oxygens (including phenoxy) is 2. The first kappa shape index (κ1) is 59.6. The molecule has 1 amide bonds. The average molecular weight is 898 g/mol. The minimum absolute atomic E-state index is 0.0512. The Morgan fingerprint density at radius 1 is 0.571 bits per heavy atom. The summed E-state index contributed by atoms with van der Waals surface area (Å²) in [6.07, 6.45) is 36.9. The van der Waals surface area contributed by atoms with Crippen LogP contribution in [0.2, 0.25) is 0 Å². The van der Waals surface area contributed by atoms with Gasteiger partial charge in [0.25, 0.3) is 0 Å². The molecule has 63 heavy (non-hydrogen) atoms. The van der Waals surface area contributed by atoms with Crippen LogP contribution in [0.3, 0.4) is 0 Å². The van der Waals surface area contributed by atoms with Crippen molar-refractivity contribution in [3.8, 4) is 0 Å². The molecule has 372 valence electrons. The summed E-state index contributed by atoms with van der Waals surface area (Å²) in [7, 11) is 0. The van der Waals surface area contributed by atoms with E-state index in [-0.39, 0.29) is 6.42 Å². The molecule has 0 saturated carbocycles. The second-order valence-corrected chi connectivity index (χ2v) is 18.6.